The second kappa shape index (κ2) is 4.80. The Hall–Kier alpha value is -1.48. The van der Waals surface area contributed by atoms with Gasteiger partial charge >= 0.3 is 0 Å². The molecule has 0 aromatic carbocycles. The van der Waals surface area contributed by atoms with E-state index in [0.29, 0.717) is 5.15 Å². The summed E-state index contributed by atoms with van der Waals surface area (Å²) in [5.74, 6) is 1.01. The average molecular weight is 248 g/mol. The van der Waals surface area contributed by atoms with Gasteiger partial charge in [0.25, 0.3) is 0 Å². The van der Waals surface area contributed by atoms with Gasteiger partial charge in [0.2, 0.25) is 0 Å². The van der Waals surface area contributed by atoms with Gasteiger partial charge in [-0.25, -0.2) is 9.97 Å². The zero-order valence-corrected chi connectivity index (χ0v) is 10.9. The van der Waals surface area contributed by atoms with Crippen LogP contribution < -0.4 is 0 Å². The summed E-state index contributed by atoms with van der Waals surface area (Å²) in [7, 11) is 0. The number of hydrogen-bond acceptors (Lipinski definition) is 3. The van der Waals surface area contributed by atoms with Crippen molar-refractivity contribution in [2.75, 3.05) is 0 Å². The number of rotatable bonds is 2. The molecule has 0 saturated carbocycles. The fourth-order valence-corrected chi connectivity index (χ4v) is 1.65. The Bertz CT molecular complexity index is 521. The third kappa shape index (κ3) is 2.80. The van der Waals surface area contributed by atoms with Crippen molar-refractivity contribution >= 4 is 11.6 Å². The molecule has 17 heavy (non-hydrogen) atoms. The summed E-state index contributed by atoms with van der Waals surface area (Å²) in [6.07, 6.45) is 1.80. The molecule has 88 valence electrons. The molecule has 0 unspecified atom stereocenters. The van der Waals surface area contributed by atoms with Gasteiger partial charge in [0.1, 0.15) is 11.0 Å². The van der Waals surface area contributed by atoms with E-state index in [9.17, 15) is 0 Å². The summed E-state index contributed by atoms with van der Waals surface area (Å²) in [6, 6.07) is 5.71. The van der Waals surface area contributed by atoms with Gasteiger partial charge in [-0.3, -0.25) is 4.98 Å². The number of nitrogens with zero attached hydrogens (tertiary/aromatic N) is 3. The maximum Gasteiger partial charge on any atom is 0.133 e. The van der Waals surface area contributed by atoms with E-state index in [-0.39, 0.29) is 5.92 Å². The third-order valence-corrected chi connectivity index (χ3v) is 2.63. The lowest BCUT2D eigenvalue weighted by Gasteiger charge is -2.07. The van der Waals surface area contributed by atoms with Crippen molar-refractivity contribution in [3.8, 4) is 11.3 Å². The Morgan fingerprint density at radius 1 is 1.18 bits per heavy atom. The van der Waals surface area contributed by atoms with Crippen LogP contribution in [0.25, 0.3) is 11.3 Å². The zero-order chi connectivity index (χ0) is 12.4. The van der Waals surface area contributed by atoms with Crippen LogP contribution in [-0.2, 0) is 0 Å². The van der Waals surface area contributed by atoms with Gasteiger partial charge in [-0.05, 0) is 19.1 Å². The fraction of sp³-hybridized carbons (Fsp3) is 0.308. The van der Waals surface area contributed by atoms with Gasteiger partial charge < -0.3 is 0 Å². The van der Waals surface area contributed by atoms with Crippen molar-refractivity contribution in [1.82, 2.24) is 15.0 Å². The highest BCUT2D eigenvalue weighted by Crippen LogP contribution is 2.21. The maximum absolute atomic E-state index is 6.00. The Morgan fingerprint density at radius 2 is 1.94 bits per heavy atom. The number of aryl methyl sites for hydroxylation is 1. The first-order chi connectivity index (χ1) is 8.06. The van der Waals surface area contributed by atoms with Crippen LogP contribution in [0, 0.1) is 6.92 Å². The van der Waals surface area contributed by atoms with Gasteiger partial charge in [0.15, 0.2) is 0 Å². The molecule has 0 fully saturated rings. The Kier molecular flexibility index (Phi) is 3.38. The number of aromatic nitrogens is 3. The lowest BCUT2D eigenvalue weighted by Crippen LogP contribution is -1.99. The summed E-state index contributed by atoms with van der Waals surface area (Å²) in [5, 5.41) is 0.472. The standard InChI is InChI=1S/C13H14ClN3/c1-8(2)13-16-11(6-12(14)17-13)10-5-4-9(3)15-7-10/h4-8H,1-3H3. The summed E-state index contributed by atoms with van der Waals surface area (Å²) >= 11 is 6.00. The number of hydrogen-bond donors (Lipinski definition) is 0. The van der Waals surface area contributed by atoms with E-state index in [2.05, 4.69) is 15.0 Å². The van der Waals surface area contributed by atoms with E-state index in [1.54, 1.807) is 12.3 Å². The molecule has 2 rings (SSSR count). The van der Waals surface area contributed by atoms with Crippen LogP contribution in [0.2, 0.25) is 5.15 Å². The SMILES string of the molecule is Cc1ccc(-c2cc(Cl)nc(C(C)C)n2)cn1. The summed E-state index contributed by atoms with van der Waals surface area (Å²) in [4.78, 5) is 13.0. The zero-order valence-electron chi connectivity index (χ0n) is 10.1. The van der Waals surface area contributed by atoms with Crippen molar-refractivity contribution in [3.63, 3.8) is 0 Å². The Labute approximate surface area is 106 Å². The monoisotopic (exact) mass is 247 g/mol. The molecular weight excluding hydrogens is 234 g/mol. The van der Waals surface area contributed by atoms with Gasteiger partial charge in [0, 0.05) is 29.4 Å². The Morgan fingerprint density at radius 3 is 2.53 bits per heavy atom. The lowest BCUT2D eigenvalue weighted by molar-refractivity contribution is 0.776. The molecule has 0 spiro atoms. The van der Waals surface area contributed by atoms with Crippen molar-refractivity contribution in [2.24, 2.45) is 0 Å². The van der Waals surface area contributed by atoms with Gasteiger partial charge in [0.05, 0.1) is 5.69 Å². The molecule has 4 heteroatoms. The van der Waals surface area contributed by atoms with Gasteiger partial charge in [-0.1, -0.05) is 25.4 Å². The van der Waals surface area contributed by atoms with Gasteiger partial charge in [-0.15, -0.1) is 0 Å². The van der Waals surface area contributed by atoms with E-state index in [1.165, 1.54) is 0 Å². The van der Waals surface area contributed by atoms with E-state index in [0.717, 1.165) is 22.8 Å². The topological polar surface area (TPSA) is 38.7 Å². The quantitative estimate of drug-likeness (QED) is 0.761. The molecule has 0 aliphatic rings. The highest BCUT2D eigenvalue weighted by Gasteiger charge is 2.08. The van der Waals surface area contributed by atoms with Crippen LogP contribution in [0.15, 0.2) is 24.4 Å². The molecule has 0 radical (unpaired) electrons. The molecule has 0 saturated heterocycles. The first-order valence-electron chi connectivity index (χ1n) is 5.54. The predicted octanol–water partition coefficient (Wildman–Crippen LogP) is 3.62. The van der Waals surface area contributed by atoms with Crippen LogP contribution in [0.4, 0.5) is 0 Å². The Balaban J connectivity index is 2.48. The van der Waals surface area contributed by atoms with E-state index in [1.807, 2.05) is 32.9 Å². The molecule has 0 aliphatic carbocycles. The summed E-state index contributed by atoms with van der Waals surface area (Å²) in [5.41, 5.74) is 2.76. The van der Waals surface area contributed by atoms with Crippen molar-refractivity contribution in [1.29, 1.82) is 0 Å². The molecule has 2 aromatic heterocycles. The number of halogens is 1. The molecule has 2 aromatic rings. The molecule has 0 N–H and O–H groups in total. The number of pyridine rings is 1. The molecule has 0 bridgehead atoms. The third-order valence-electron chi connectivity index (χ3n) is 2.44. The maximum atomic E-state index is 6.00. The van der Waals surface area contributed by atoms with Crippen molar-refractivity contribution < 1.29 is 0 Å². The van der Waals surface area contributed by atoms with E-state index >= 15 is 0 Å². The minimum absolute atomic E-state index is 0.255. The van der Waals surface area contributed by atoms with Crippen molar-refractivity contribution in [3.05, 3.63) is 41.1 Å². The molecule has 0 atom stereocenters. The van der Waals surface area contributed by atoms with Crippen LogP contribution in [0.3, 0.4) is 0 Å². The molecular formula is C13H14ClN3. The summed E-state index contributed by atoms with van der Waals surface area (Å²) < 4.78 is 0. The highest BCUT2D eigenvalue weighted by molar-refractivity contribution is 6.29. The molecule has 0 aliphatic heterocycles. The smallest absolute Gasteiger partial charge is 0.133 e. The van der Waals surface area contributed by atoms with Crippen LogP contribution >= 0.6 is 11.6 Å². The van der Waals surface area contributed by atoms with Crippen LogP contribution in [-0.4, -0.2) is 15.0 Å². The summed E-state index contributed by atoms with van der Waals surface area (Å²) in [6.45, 7) is 6.04. The second-order valence-electron chi connectivity index (χ2n) is 4.28. The fourth-order valence-electron chi connectivity index (χ4n) is 1.46. The van der Waals surface area contributed by atoms with E-state index in [4.69, 9.17) is 11.6 Å². The first-order valence-corrected chi connectivity index (χ1v) is 5.91. The lowest BCUT2D eigenvalue weighted by atomic mass is 10.1. The molecule has 2 heterocycles. The van der Waals surface area contributed by atoms with Crippen molar-refractivity contribution in [2.45, 2.75) is 26.7 Å². The largest absolute Gasteiger partial charge is 0.261 e. The van der Waals surface area contributed by atoms with Gasteiger partial charge in [-0.2, -0.15) is 0 Å². The van der Waals surface area contributed by atoms with Crippen LogP contribution in [0.5, 0.6) is 0 Å². The highest BCUT2D eigenvalue weighted by atomic mass is 35.5. The van der Waals surface area contributed by atoms with Crippen LogP contribution in [0.1, 0.15) is 31.3 Å². The average Bonchev–Trinajstić information content (AvgIpc) is 2.29. The first kappa shape index (κ1) is 12.0. The normalized spacial score (nSPS) is 10.9. The second-order valence-corrected chi connectivity index (χ2v) is 4.66. The van der Waals surface area contributed by atoms with E-state index < -0.39 is 0 Å². The molecule has 3 nitrogen and oxygen atoms in total. The minimum Gasteiger partial charge on any atom is -0.261 e. The predicted molar refractivity (Wildman–Crippen MR) is 69.1 cm³/mol. The molecule has 0 amide bonds. The minimum atomic E-state index is 0.255.